The topological polar surface area (TPSA) is 121 Å². The molecule has 3 aromatic carbocycles. The molecular formula is C27H25FN4O5S. The van der Waals surface area contributed by atoms with Gasteiger partial charge < -0.3 is 14.6 Å². The molecule has 0 aliphatic carbocycles. The number of H-pyrrole nitrogens is 1. The van der Waals surface area contributed by atoms with E-state index in [9.17, 15) is 22.4 Å². The Morgan fingerprint density at radius 3 is 2.58 bits per heavy atom. The number of aromatic amines is 1. The second-order valence-corrected chi connectivity index (χ2v) is 11.2. The first-order valence-corrected chi connectivity index (χ1v) is 13.7. The lowest BCUT2D eigenvalue weighted by Crippen LogP contribution is -2.33. The van der Waals surface area contributed by atoms with Gasteiger partial charge in [-0.2, -0.15) is 0 Å². The van der Waals surface area contributed by atoms with Crippen LogP contribution in [-0.2, 0) is 21.2 Å². The molecule has 2 heterocycles. The minimum Gasteiger partial charge on any atom is -0.491 e. The number of sulfone groups is 1. The van der Waals surface area contributed by atoms with Gasteiger partial charge in [0.05, 0.1) is 17.6 Å². The molecule has 9 nitrogen and oxygen atoms in total. The van der Waals surface area contributed by atoms with Crippen LogP contribution in [-0.4, -0.2) is 54.5 Å². The van der Waals surface area contributed by atoms with Crippen molar-refractivity contribution >= 4 is 38.6 Å². The summed E-state index contributed by atoms with van der Waals surface area (Å²) in [5.41, 5.74) is 4.12. The number of rotatable bonds is 4. The van der Waals surface area contributed by atoms with Crippen molar-refractivity contribution in [3.63, 3.8) is 0 Å². The number of imidazole rings is 1. The normalized spacial score (nSPS) is 13.5. The highest BCUT2D eigenvalue weighted by Gasteiger charge is 2.26. The molecule has 0 spiro atoms. The van der Waals surface area contributed by atoms with Crippen LogP contribution in [0.25, 0.3) is 22.2 Å². The average Bonchev–Trinajstić information content (AvgIpc) is 3.12. The van der Waals surface area contributed by atoms with E-state index in [1.54, 1.807) is 4.90 Å². The van der Waals surface area contributed by atoms with Crippen LogP contribution in [0, 0.1) is 12.7 Å². The monoisotopic (exact) mass is 536 g/mol. The standard InChI is InChI=1S/C27H25FN4O5S/c1-15-20(6-9-24(25(15)28)38(3,35)36)26(34)32-10-11-37-23-8-5-17(12-19(23)14-32)18-4-7-21-22(13-18)31-27(30-21)29-16(2)33/h4-9,12-13H,10-11,14H2,1-3H3,(H2,29,30,31,33). The molecule has 2 amide bonds. The molecular weight excluding hydrogens is 511 g/mol. The van der Waals surface area contributed by atoms with Gasteiger partial charge in [0.15, 0.2) is 9.84 Å². The van der Waals surface area contributed by atoms with Gasteiger partial charge in [-0.3, -0.25) is 14.9 Å². The smallest absolute Gasteiger partial charge is 0.254 e. The Labute approximate surface area is 218 Å². The van der Waals surface area contributed by atoms with Crippen molar-refractivity contribution in [3.05, 3.63) is 71.0 Å². The number of fused-ring (bicyclic) bond motifs is 2. The Balaban J connectivity index is 1.44. The molecule has 196 valence electrons. The predicted octanol–water partition coefficient (Wildman–Crippen LogP) is 4.07. The zero-order valence-electron chi connectivity index (χ0n) is 21.0. The summed E-state index contributed by atoms with van der Waals surface area (Å²) in [7, 11) is -3.76. The summed E-state index contributed by atoms with van der Waals surface area (Å²) < 4.78 is 44.4. The van der Waals surface area contributed by atoms with Crippen LogP contribution < -0.4 is 10.1 Å². The minimum atomic E-state index is -3.76. The van der Waals surface area contributed by atoms with E-state index in [4.69, 9.17) is 4.74 Å². The molecule has 5 rings (SSSR count). The lowest BCUT2D eigenvalue weighted by atomic mass is 10.0. The summed E-state index contributed by atoms with van der Waals surface area (Å²) in [6.07, 6.45) is 0.930. The number of ether oxygens (including phenoxy) is 1. The van der Waals surface area contributed by atoms with Crippen molar-refractivity contribution < 1.29 is 27.1 Å². The van der Waals surface area contributed by atoms with Crippen LogP contribution in [0.5, 0.6) is 5.75 Å². The van der Waals surface area contributed by atoms with Crippen molar-refractivity contribution in [1.29, 1.82) is 0 Å². The number of benzene rings is 3. The molecule has 1 aromatic heterocycles. The summed E-state index contributed by atoms with van der Waals surface area (Å²) in [5, 5.41) is 2.64. The van der Waals surface area contributed by atoms with Gasteiger partial charge in [-0.25, -0.2) is 17.8 Å². The molecule has 0 bridgehead atoms. The fourth-order valence-electron chi connectivity index (χ4n) is 4.51. The molecule has 0 saturated carbocycles. The molecule has 0 radical (unpaired) electrons. The Morgan fingerprint density at radius 2 is 1.84 bits per heavy atom. The van der Waals surface area contributed by atoms with E-state index >= 15 is 0 Å². The number of anilines is 1. The number of nitrogens with zero attached hydrogens (tertiary/aromatic N) is 2. The van der Waals surface area contributed by atoms with Crippen molar-refractivity contribution in [3.8, 4) is 16.9 Å². The number of hydrogen-bond acceptors (Lipinski definition) is 6. The fourth-order valence-corrected chi connectivity index (χ4v) is 5.30. The first kappa shape index (κ1) is 25.4. The molecule has 11 heteroatoms. The van der Waals surface area contributed by atoms with Crippen LogP contribution in [0.2, 0.25) is 0 Å². The Kier molecular flexibility index (Phi) is 6.39. The lowest BCUT2D eigenvalue weighted by Gasteiger charge is -2.21. The van der Waals surface area contributed by atoms with Crippen LogP contribution in [0.4, 0.5) is 10.3 Å². The highest BCUT2D eigenvalue weighted by molar-refractivity contribution is 7.90. The van der Waals surface area contributed by atoms with E-state index in [2.05, 4.69) is 15.3 Å². The molecule has 1 aliphatic heterocycles. The average molecular weight is 537 g/mol. The van der Waals surface area contributed by atoms with Crippen molar-refractivity contribution in [2.45, 2.75) is 25.3 Å². The maximum absolute atomic E-state index is 14.8. The summed E-state index contributed by atoms with van der Waals surface area (Å²) in [6.45, 7) is 3.58. The number of aromatic nitrogens is 2. The number of halogens is 1. The van der Waals surface area contributed by atoms with Crippen LogP contribution in [0.15, 0.2) is 53.4 Å². The van der Waals surface area contributed by atoms with E-state index in [0.29, 0.717) is 17.2 Å². The summed E-state index contributed by atoms with van der Waals surface area (Å²) in [4.78, 5) is 33.3. The van der Waals surface area contributed by atoms with Crippen molar-refractivity contribution in [1.82, 2.24) is 14.9 Å². The molecule has 4 aromatic rings. The fraction of sp³-hybridized carbons (Fsp3) is 0.222. The van der Waals surface area contributed by atoms with Gasteiger partial charge in [-0.15, -0.1) is 0 Å². The third-order valence-corrected chi connectivity index (χ3v) is 7.53. The SMILES string of the molecule is CC(=O)Nc1nc2ccc(-c3ccc4c(c3)CN(C(=O)c3ccc(S(C)(=O)=O)c(F)c3C)CCO4)cc2[nH]1. The van der Waals surface area contributed by atoms with Crippen molar-refractivity contribution in [2.75, 3.05) is 24.7 Å². The van der Waals surface area contributed by atoms with Crippen molar-refractivity contribution in [2.24, 2.45) is 0 Å². The van der Waals surface area contributed by atoms with Gasteiger partial charge in [0.1, 0.15) is 23.1 Å². The zero-order valence-corrected chi connectivity index (χ0v) is 21.8. The lowest BCUT2D eigenvalue weighted by molar-refractivity contribution is -0.114. The van der Waals surface area contributed by atoms with Gasteiger partial charge in [0, 0.05) is 30.9 Å². The highest BCUT2D eigenvalue weighted by atomic mass is 32.2. The predicted molar refractivity (Wildman–Crippen MR) is 140 cm³/mol. The third-order valence-electron chi connectivity index (χ3n) is 6.42. The number of carbonyl (C=O) groups excluding carboxylic acids is 2. The number of hydrogen-bond donors (Lipinski definition) is 2. The number of amides is 2. The van der Waals surface area contributed by atoms with E-state index in [-0.39, 0.29) is 36.7 Å². The van der Waals surface area contributed by atoms with Crippen LogP contribution in [0.1, 0.15) is 28.4 Å². The largest absolute Gasteiger partial charge is 0.491 e. The van der Waals surface area contributed by atoms with E-state index in [1.165, 1.54) is 19.9 Å². The van der Waals surface area contributed by atoms with Gasteiger partial charge >= 0.3 is 0 Å². The molecule has 38 heavy (non-hydrogen) atoms. The summed E-state index contributed by atoms with van der Waals surface area (Å²) in [6, 6.07) is 13.9. The molecule has 0 atom stereocenters. The molecule has 0 unspecified atom stereocenters. The quantitative estimate of drug-likeness (QED) is 0.406. The van der Waals surface area contributed by atoms with Crippen LogP contribution >= 0.6 is 0 Å². The second kappa shape index (κ2) is 9.56. The van der Waals surface area contributed by atoms with Gasteiger partial charge in [0.25, 0.3) is 5.91 Å². The molecule has 2 N–H and O–H groups in total. The third kappa shape index (κ3) is 4.84. The number of nitrogens with one attached hydrogen (secondary N) is 2. The van der Waals surface area contributed by atoms with E-state index < -0.39 is 26.5 Å². The van der Waals surface area contributed by atoms with Gasteiger partial charge in [0.2, 0.25) is 11.9 Å². The summed E-state index contributed by atoms with van der Waals surface area (Å²) >= 11 is 0. The first-order valence-electron chi connectivity index (χ1n) is 11.8. The number of carbonyl (C=O) groups is 2. The zero-order chi connectivity index (χ0) is 27.2. The highest BCUT2D eigenvalue weighted by Crippen LogP contribution is 2.32. The van der Waals surface area contributed by atoms with Gasteiger partial charge in [-0.05, 0) is 60.0 Å². The molecule has 1 aliphatic rings. The first-order chi connectivity index (χ1) is 18.0. The molecule has 0 saturated heterocycles. The summed E-state index contributed by atoms with van der Waals surface area (Å²) in [5.74, 6) is -0.533. The minimum absolute atomic E-state index is 0.0106. The maximum Gasteiger partial charge on any atom is 0.254 e. The Morgan fingerprint density at radius 1 is 1.11 bits per heavy atom. The maximum atomic E-state index is 14.8. The Bertz CT molecular complexity index is 1710. The molecule has 0 fully saturated rings. The van der Waals surface area contributed by atoms with E-state index in [0.717, 1.165) is 34.5 Å². The second-order valence-electron chi connectivity index (χ2n) is 9.22. The Hall–Kier alpha value is -4.25. The van der Waals surface area contributed by atoms with Gasteiger partial charge in [-0.1, -0.05) is 12.1 Å². The van der Waals surface area contributed by atoms with Crippen LogP contribution in [0.3, 0.4) is 0 Å². The van der Waals surface area contributed by atoms with E-state index in [1.807, 2.05) is 36.4 Å².